The minimum Gasteiger partial charge on any atom is -0.459 e. The largest absolute Gasteiger partial charge is 0.459 e. The highest BCUT2D eigenvalue weighted by Crippen LogP contribution is 2.26. The Morgan fingerprint density at radius 2 is 2.12 bits per heavy atom. The van der Waals surface area contributed by atoms with Gasteiger partial charge in [0, 0.05) is 15.4 Å². The second kappa shape index (κ2) is 7.62. The first-order valence-electron chi connectivity index (χ1n) is 7.39. The summed E-state index contributed by atoms with van der Waals surface area (Å²) in [6.07, 6.45) is 1.40. The van der Waals surface area contributed by atoms with Crippen molar-refractivity contribution in [3.63, 3.8) is 0 Å². The fourth-order valence-corrected chi connectivity index (χ4v) is 3.19. The van der Waals surface area contributed by atoms with Gasteiger partial charge in [-0.05, 0) is 31.2 Å². The Hall–Kier alpha value is -2.45. The van der Waals surface area contributed by atoms with E-state index in [9.17, 15) is 9.59 Å². The number of anilines is 1. The molecule has 6 nitrogen and oxygen atoms in total. The van der Waals surface area contributed by atoms with Crippen molar-refractivity contribution in [3.05, 3.63) is 58.3 Å². The number of aromatic nitrogens is 1. The summed E-state index contributed by atoms with van der Waals surface area (Å²) in [5, 5.41) is 7.62. The molecular formula is C17H14BrN3O3S. The lowest BCUT2D eigenvalue weighted by Gasteiger charge is -2.11. The van der Waals surface area contributed by atoms with Crippen LogP contribution >= 0.6 is 27.3 Å². The quantitative estimate of drug-likeness (QED) is 0.655. The molecule has 1 aromatic carbocycles. The smallest absolute Gasteiger partial charge is 0.287 e. The van der Waals surface area contributed by atoms with E-state index in [0.717, 1.165) is 15.7 Å². The van der Waals surface area contributed by atoms with Crippen molar-refractivity contribution in [1.82, 2.24) is 10.3 Å². The number of carbonyl (C=O) groups excluding carboxylic acids is 2. The molecule has 2 aromatic heterocycles. The van der Waals surface area contributed by atoms with E-state index in [-0.39, 0.29) is 11.7 Å². The number of benzene rings is 1. The Kier molecular flexibility index (Phi) is 5.30. The van der Waals surface area contributed by atoms with Gasteiger partial charge in [0.15, 0.2) is 10.9 Å². The third-order valence-corrected chi connectivity index (χ3v) is 4.59. The van der Waals surface area contributed by atoms with E-state index in [1.54, 1.807) is 13.0 Å². The molecule has 0 saturated heterocycles. The van der Waals surface area contributed by atoms with Crippen LogP contribution in [-0.2, 0) is 4.79 Å². The fourth-order valence-electron chi connectivity index (χ4n) is 2.07. The highest BCUT2D eigenvalue weighted by Gasteiger charge is 2.19. The average Bonchev–Trinajstić information content (AvgIpc) is 3.26. The fraction of sp³-hybridized carbons (Fsp3) is 0.118. The molecule has 3 aromatic rings. The van der Waals surface area contributed by atoms with Crippen molar-refractivity contribution >= 4 is 44.2 Å². The summed E-state index contributed by atoms with van der Waals surface area (Å²) >= 11 is 4.75. The van der Waals surface area contributed by atoms with E-state index in [0.29, 0.717) is 5.13 Å². The zero-order valence-corrected chi connectivity index (χ0v) is 15.6. The summed E-state index contributed by atoms with van der Waals surface area (Å²) in [5.41, 5.74) is 1.72. The number of nitrogens with zero attached hydrogens (tertiary/aromatic N) is 1. The topological polar surface area (TPSA) is 84.2 Å². The first-order valence-corrected chi connectivity index (χ1v) is 9.07. The normalized spacial score (nSPS) is 11.8. The zero-order chi connectivity index (χ0) is 17.8. The lowest BCUT2D eigenvalue weighted by Crippen LogP contribution is -2.41. The molecule has 0 fully saturated rings. The standard InChI is InChI=1S/C17H14BrN3O3S/c1-10(19-16(23)14-6-3-7-24-14)15(22)21-17-20-13(9-25-17)11-4-2-5-12(18)8-11/h2-10H,1H3,(H,19,23)(H,20,21,22). The average molecular weight is 420 g/mol. The van der Waals surface area contributed by atoms with Gasteiger partial charge in [-0.3, -0.25) is 9.59 Å². The van der Waals surface area contributed by atoms with Gasteiger partial charge in [-0.2, -0.15) is 0 Å². The Morgan fingerprint density at radius 1 is 1.28 bits per heavy atom. The molecule has 0 aliphatic heterocycles. The van der Waals surface area contributed by atoms with E-state index in [1.165, 1.54) is 23.7 Å². The van der Waals surface area contributed by atoms with Crippen LogP contribution in [0, 0.1) is 0 Å². The van der Waals surface area contributed by atoms with Gasteiger partial charge in [-0.25, -0.2) is 4.98 Å². The SMILES string of the molecule is CC(NC(=O)c1ccco1)C(=O)Nc1nc(-c2cccc(Br)c2)cs1. The van der Waals surface area contributed by atoms with E-state index >= 15 is 0 Å². The maximum atomic E-state index is 12.2. The number of hydrogen-bond donors (Lipinski definition) is 2. The van der Waals surface area contributed by atoms with Crippen LogP contribution in [0.2, 0.25) is 0 Å². The minimum absolute atomic E-state index is 0.158. The number of thiazole rings is 1. The second-order valence-electron chi connectivity index (χ2n) is 5.21. The molecule has 1 atom stereocenters. The van der Waals surface area contributed by atoms with Gasteiger partial charge >= 0.3 is 0 Å². The van der Waals surface area contributed by atoms with Gasteiger partial charge in [0.25, 0.3) is 5.91 Å². The molecule has 25 heavy (non-hydrogen) atoms. The molecule has 0 saturated carbocycles. The Morgan fingerprint density at radius 3 is 2.84 bits per heavy atom. The number of nitrogens with one attached hydrogen (secondary N) is 2. The van der Waals surface area contributed by atoms with Crippen molar-refractivity contribution in [2.75, 3.05) is 5.32 Å². The number of amides is 2. The summed E-state index contributed by atoms with van der Waals surface area (Å²) in [6, 6.07) is 10.2. The van der Waals surface area contributed by atoms with Gasteiger partial charge in [0.2, 0.25) is 5.91 Å². The number of furan rings is 1. The Bertz CT molecular complexity index is 892. The van der Waals surface area contributed by atoms with Gasteiger partial charge in [0.05, 0.1) is 12.0 Å². The van der Waals surface area contributed by atoms with Crippen molar-refractivity contribution < 1.29 is 14.0 Å². The molecule has 1 unspecified atom stereocenters. The first kappa shape index (κ1) is 17.4. The van der Waals surface area contributed by atoms with E-state index < -0.39 is 11.9 Å². The molecule has 3 rings (SSSR count). The summed E-state index contributed by atoms with van der Waals surface area (Å²) in [6.45, 7) is 1.60. The van der Waals surface area contributed by atoms with Crippen LogP contribution in [0.25, 0.3) is 11.3 Å². The van der Waals surface area contributed by atoms with Crippen LogP contribution < -0.4 is 10.6 Å². The summed E-state index contributed by atoms with van der Waals surface area (Å²) in [5.74, 6) is -0.637. The van der Waals surface area contributed by atoms with Crippen molar-refractivity contribution in [2.45, 2.75) is 13.0 Å². The van der Waals surface area contributed by atoms with Gasteiger partial charge in [-0.15, -0.1) is 11.3 Å². The predicted molar refractivity (Wildman–Crippen MR) is 99.5 cm³/mol. The first-order chi connectivity index (χ1) is 12.0. The molecule has 0 aliphatic carbocycles. The number of rotatable bonds is 5. The van der Waals surface area contributed by atoms with E-state index in [1.807, 2.05) is 29.6 Å². The molecule has 0 bridgehead atoms. The van der Waals surface area contributed by atoms with E-state index in [2.05, 4.69) is 31.5 Å². The van der Waals surface area contributed by atoms with Crippen molar-refractivity contribution in [2.24, 2.45) is 0 Å². The molecule has 2 N–H and O–H groups in total. The highest BCUT2D eigenvalue weighted by molar-refractivity contribution is 9.10. The highest BCUT2D eigenvalue weighted by atomic mass is 79.9. The van der Waals surface area contributed by atoms with Crippen molar-refractivity contribution in [3.8, 4) is 11.3 Å². The summed E-state index contributed by atoms with van der Waals surface area (Å²) in [4.78, 5) is 28.5. The van der Waals surface area contributed by atoms with Crippen LogP contribution in [-0.4, -0.2) is 22.8 Å². The predicted octanol–water partition coefficient (Wildman–Crippen LogP) is 3.92. The molecular weight excluding hydrogens is 406 g/mol. The van der Waals surface area contributed by atoms with Crippen LogP contribution in [0.3, 0.4) is 0 Å². The molecule has 8 heteroatoms. The Labute approximate surface area is 156 Å². The van der Waals surface area contributed by atoms with Gasteiger partial charge in [-0.1, -0.05) is 28.1 Å². The van der Waals surface area contributed by atoms with Crippen LogP contribution in [0.5, 0.6) is 0 Å². The number of hydrogen-bond acceptors (Lipinski definition) is 5. The second-order valence-corrected chi connectivity index (χ2v) is 6.98. The van der Waals surface area contributed by atoms with Crippen LogP contribution in [0.15, 0.2) is 56.9 Å². The maximum Gasteiger partial charge on any atom is 0.287 e. The zero-order valence-electron chi connectivity index (χ0n) is 13.2. The third kappa shape index (κ3) is 4.34. The number of carbonyl (C=O) groups is 2. The van der Waals surface area contributed by atoms with Crippen molar-refractivity contribution in [1.29, 1.82) is 0 Å². The third-order valence-electron chi connectivity index (χ3n) is 3.34. The van der Waals surface area contributed by atoms with E-state index in [4.69, 9.17) is 4.42 Å². The van der Waals surface area contributed by atoms with Crippen LogP contribution in [0.1, 0.15) is 17.5 Å². The molecule has 0 radical (unpaired) electrons. The number of halogens is 1. The molecule has 0 aliphatic rings. The van der Waals surface area contributed by atoms with Gasteiger partial charge < -0.3 is 15.1 Å². The maximum absolute atomic E-state index is 12.2. The lowest BCUT2D eigenvalue weighted by atomic mass is 10.2. The molecule has 0 spiro atoms. The molecule has 2 amide bonds. The monoisotopic (exact) mass is 419 g/mol. The summed E-state index contributed by atoms with van der Waals surface area (Å²) < 4.78 is 5.95. The van der Waals surface area contributed by atoms with Crippen LogP contribution in [0.4, 0.5) is 5.13 Å². The molecule has 2 heterocycles. The Balaban J connectivity index is 1.62. The lowest BCUT2D eigenvalue weighted by molar-refractivity contribution is -0.117. The molecule has 128 valence electrons. The van der Waals surface area contributed by atoms with Gasteiger partial charge in [0.1, 0.15) is 6.04 Å². The minimum atomic E-state index is -0.726. The summed E-state index contributed by atoms with van der Waals surface area (Å²) in [7, 11) is 0.